The van der Waals surface area contributed by atoms with Gasteiger partial charge in [-0.05, 0) is 18.2 Å². The number of halogens is 1. The Kier molecular flexibility index (Phi) is 3.37. The second-order valence-electron chi connectivity index (χ2n) is 4.24. The molecule has 0 aliphatic heterocycles. The van der Waals surface area contributed by atoms with E-state index in [2.05, 4.69) is 20.3 Å². The highest BCUT2D eigenvalue weighted by atomic mass is 35.5. The SMILES string of the molecule is O=C(Nc1nc2ccccc2nc1Cl)c1cncc(O)c1. The molecule has 0 saturated carbocycles. The highest BCUT2D eigenvalue weighted by Crippen LogP contribution is 2.21. The van der Waals surface area contributed by atoms with E-state index in [0.29, 0.717) is 11.0 Å². The fourth-order valence-corrected chi connectivity index (χ4v) is 1.97. The lowest BCUT2D eigenvalue weighted by atomic mass is 10.2. The first-order valence-electron chi connectivity index (χ1n) is 6.01. The maximum absolute atomic E-state index is 12.1. The molecule has 104 valence electrons. The number of pyridine rings is 1. The van der Waals surface area contributed by atoms with Crippen LogP contribution >= 0.6 is 11.6 Å². The number of rotatable bonds is 2. The summed E-state index contributed by atoms with van der Waals surface area (Å²) in [4.78, 5) is 24.2. The maximum Gasteiger partial charge on any atom is 0.258 e. The first-order valence-corrected chi connectivity index (χ1v) is 6.39. The van der Waals surface area contributed by atoms with Crippen LogP contribution in [0.5, 0.6) is 5.75 Å². The van der Waals surface area contributed by atoms with E-state index in [0.717, 1.165) is 0 Å². The number of amides is 1. The van der Waals surface area contributed by atoms with Gasteiger partial charge < -0.3 is 10.4 Å². The molecule has 0 atom stereocenters. The molecule has 0 saturated heterocycles. The summed E-state index contributed by atoms with van der Waals surface area (Å²) in [5, 5.41) is 12.0. The van der Waals surface area contributed by atoms with Crippen molar-refractivity contribution in [1.29, 1.82) is 0 Å². The Balaban J connectivity index is 1.94. The van der Waals surface area contributed by atoms with Crippen LogP contribution in [0.25, 0.3) is 11.0 Å². The monoisotopic (exact) mass is 300 g/mol. The maximum atomic E-state index is 12.1. The quantitative estimate of drug-likeness (QED) is 0.759. The zero-order valence-electron chi connectivity index (χ0n) is 10.6. The average molecular weight is 301 g/mol. The zero-order chi connectivity index (χ0) is 14.8. The molecule has 1 aromatic carbocycles. The van der Waals surface area contributed by atoms with Crippen molar-refractivity contribution in [2.75, 3.05) is 5.32 Å². The van der Waals surface area contributed by atoms with E-state index in [-0.39, 0.29) is 22.3 Å². The number of aromatic hydroxyl groups is 1. The molecule has 0 unspecified atom stereocenters. The molecular weight excluding hydrogens is 292 g/mol. The number of nitrogens with zero attached hydrogens (tertiary/aromatic N) is 3. The van der Waals surface area contributed by atoms with E-state index in [9.17, 15) is 9.90 Å². The molecule has 0 spiro atoms. The van der Waals surface area contributed by atoms with E-state index >= 15 is 0 Å². The van der Waals surface area contributed by atoms with Crippen LogP contribution in [-0.4, -0.2) is 26.0 Å². The van der Waals surface area contributed by atoms with Gasteiger partial charge in [0.1, 0.15) is 5.75 Å². The normalized spacial score (nSPS) is 10.5. The molecule has 0 radical (unpaired) electrons. The van der Waals surface area contributed by atoms with Crippen LogP contribution < -0.4 is 5.32 Å². The third kappa shape index (κ3) is 2.75. The largest absolute Gasteiger partial charge is 0.506 e. The summed E-state index contributed by atoms with van der Waals surface area (Å²) < 4.78 is 0. The number of aromatic nitrogens is 3. The number of nitrogens with one attached hydrogen (secondary N) is 1. The Morgan fingerprint density at radius 2 is 1.86 bits per heavy atom. The second kappa shape index (κ2) is 5.34. The minimum atomic E-state index is -0.482. The van der Waals surface area contributed by atoms with Gasteiger partial charge in [-0.15, -0.1) is 0 Å². The number of para-hydroxylation sites is 2. The Labute approximate surface area is 124 Å². The number of anilines is 1. The van der Waals surface area contributed by atoms with E-state index < -0.39 is 5.91 Å². The third-order valence-corrected chi connectivity index (χ3v) is 3.01. The topological polar surface area (TPSA) is 88.0 Å². The van der Waals surface area contributed by atoms with Gasteiger partial charge in [-0.25, -0.2) is 9.97 Å². The van der Waals surface area contributed by atoms with Crippen LogP contribution in [0.3, 0.4) is 0 Å². The summed E-state index contributed by atoms with van der Waals surface area (Å²) in [5.41, 5.74) is 1.45. The Morgan fingerprint density at radius 1 is 1.14 bits per heavy atom. The molecule has 7 heteroatoms. The predicted octanol–water partition coefficient (Wildman–Crippen LogP) is 2.64. The summed E-state index contributed by atoms with van der Waals surface area (Å²) in [6.45, 7) is 0. The van der Waals surface area contributed by atoms with Crippen LogP contribution in [0.1, 0.15) is 10.4 Å². The second-order valence-corrected chi connectivity index (χ2v) is 4.60. The van der Waals surface area contributed by atoms with Crippen LogP contribution in [0.2, 0.25) is 5.15 Å². The van der Waals surface area contributed by atoms with Gasteiger partial charge in [0.2, 0.25) is 0 Å². The molecule has 0 aliphatic rings. The van der Waals surface area contributed by atoms with Crippen molar-refractivity contribution in [3.05, 3.63) is 53.4 Å². The number of carbonyl (C=O) groups excluding carboxylic acids is 1. The Hall–Kier alpha value is -2.73. The first-order chi connectivity index (χ1) is 10.1. The van der Waals surface area contributed by atoms with Gasteiger partial charge in [-0.3, -0.25) is 9.78 Å². The summed E-state index contributed by atoms with van der Waals surface area (Å²) >= 11 is 6.01. The first kappa shape index (κ1) is 13.3. The number of hydrogen-bond donors (Lipinski definition) is 2. The van der Waals surface area contributed by atoms with Crippen molar-refractivity contribution in [3.63, 3.8) is 0 Å². The fraction of sp³-hybridized carbons (Fsp3) is 0. The molecular formula is C14H9ClN4O2. The highest BCUT2D eigenvalue weighted by Gasteiger charge is 2.12. The molecule has 2 N–H and O–H groups in total. The Bertz CT molecular complexity index is 838. The predicted molar refractivity (Wildman–Crippen MR) is 78.4 cm³/mol. The zero-order valence-corrected chi connectivity index (χ0v) is 11.4. The molecule has 0 bridgehead atoms. The summed E-state index contributed by atoms with van der Waals surface area (Å²) in [6, 6.07) is 8.48. The molecule has 3 rings (SSSR count). The molecule has 6 nitrogen and oxygen atoms in total. The minimum Gasteiger partial charge on any atom is -0.506 e. The van der Waals surface area contributed by atoms with Crippen LogP contribution in [0, 0.1) is 0 Å². The van der Waals surface area contributed by atoms with Gasteiger partial charge in [-0.2, -0.15) is 0 Å². The van der Waals surface area contributed by atoms with Gasteiger partial charge in [-0.1, -0.05) is 23.7 Å². The lowest BCUT2D eigenvalue weighted by Gasteiger charge is -2.07. The van der Waals surface area contributed by atoms with Gasteiger partial charge in [0.15, 0.2) is 11.0 Å². The molecule has 2 aromatic heterocycles. The smallest absolute Gasteiger partial charge is 0.258 e. The van der Waals surface area contributed by atoms with E-state index in [1.807, 2.05) is 12.1 Å². The number of benzene rings is 1. The molecule has 21 heavy (non-hydrogen) atoms. The number of fused-ring (bicyclic) bond motifs is 1. The van der Waals surface area contributed by atoms with Gasteiger partial charge in [0, 0.05) is 6.20 Å². The van der Waals surface area contributed by atoms with Crippen molar-refractivity contribution in [3.8, 4) is 5.75 Å². The summed E-state index contributed by atoms with van der Waals surface area (Å²) in [5.74, 6) is -0.424. The lowest BCUT2D eigenvalue weighted by molar-refractivity contribution is 0.102. The van der Waals surface area contributed by atoms with Crippen molar-refractivity contribution in [2.45, 2.75) is 0 Å². The average Bonchev–Trinajstić information content (AvgIpc) is 2.48. The molecule has 0 aliphatic carbocycles. The van der Waals surface area contributed by atoms with Gasteiger partial charge >= 0.3 is 0 Å². The third-order valence-electron chi connectivity index (χ3n) is 2.75. The lowest BCUT2D eigenvalue weighted by Crippen LogP contribution is -2.14. The molecule has 2 heterocycles. The minimum absolute atomic E-state index is 0.0927. The van der Waals surface area contributed by atoms with E-state index in [4.69, 9.17) is 11.6 Å². The van der Waals surface area contributed by atoms with Crippen molar-refractivity contribution < 1.29 is 9.90 Å². The van der Waals surface area contributed by atoms with E-state index in [1.54, 1.807) is 12.1 Å². The van der Waals surface area contributed by atoms with Crippen molar-refractivity contribution in [2.24, 2.45) is 0 Å². The van der Waals surface area contributed by atoms with Crippen molar-refractivity contribution in [1.82, 2.24) is 15.0 Å². The Morgan fingerprint density at radius 3 is 2.57 bits per heavy atom. The van der Waals surface area contributed by atoms with Crippen LogP contribution in [0.4, 0.5) is 5.82 Å². The number of hydrogen-bond acceptors (Lipinski definition) is 5. The van der Waals surface area contributed by atoms with Crippen molar-refractivity contribution >= 4 is 34.4 Å². The fourth-order valence-electron chi connectivity index (χ4n) is 1.79. The standard InChI is InChI=1S/C14H9ClN4O2/c15-12-13(18-11-4-2-1-3-10(11)17-12)19-14(21)8-5-9(20)7-16-6-8/h1-7,20H,(H,18,19,21). The summed E-state index contributed by atoms with van der Waals surface area (Å²) in [7, 11) is 0. The molecule has 0 fully saturated rings. The molecule has 3 aromatic rings. The van der Waals surface area contributed by atoms with Gasteiger partial charge in [0.25, 0.3) is 5.91 Å². The van der Waals surface area contributed by atoms with Crippen LogP contribution in [-0.2, 0) is 0 Å². The molecule has 1 amide bonds. The van der Waals surface area contributed by atoms with Gasteiger partial charge in [0.05, 0.1) is 22.8 Å². The van der Waals surface area contributed by atoms with E-state index in [1.165, 1.54) is 18.5 Å². The summed E-state index contributed by atoms with van der Waals surface area (Å²) in [6.07, 6.45) is 2.57. The number of carbonyl (C=O) groups is 1. The highest BCUT2D eigenvalue weighted by molar-refractivity contribution is 6.32. The van der Waals surface area contributed by atoms with Crippen LogP contribution in [0.15, 0.2) is 42.7 Å².